The molecule has 140 valence electrons. The average molecular weight is 364 g/mol. The first-order valence-electron chi connectivity index (χ1n) is 9.09. The number of likely N-dealkylation sites (N-methyl/N-ethyl adjacent to an activating group) is 1. The predicted molar refractivity (Wildman–Crippen MR) is 103 cm³/mol. The first-order valence-corrected chi connectivity index (χ1v) is 9.09. The zero-order valence-corrected chi connectivity index (χ0v) is 15.9. The van der Waals surface area contributed by atoms with Crippen LogP contribution in [-0.4, -0.2) is 62.5 Å². The molecule has 0 N–H and O–H groups in total. The SMILES string of the molecule is CN(Cc1cnn(-c2ccccc2)c1)C(=O)c1cc2n(n1)C[C@@H](N(C)C)C2. The molecular formula is C20H24N6O. The summed E-state index contributed by atoms with van der Waals surface area (Å²) in [7, 11) is 5.95. The van der Waals surface area contributed by atoms with E-state index in [9.17, 15) is 4.79 Å². The Morgan fingerprint density at radius 3 is 2.70 bits per heavy atom. The molecule has 0 bridgehead atoms. The van der Waals surface area contributed by atoms with Gasteiger partial charge in [0.1, 0.15) is 0 Å². The van der Waals surface area contributed by atoms with Gasteiger partial charge in [0, 0.05) is 43.5 Å². The van der Waals surface area contributed by atoms with Crippen molar-refractivity contribution in [2.24, 2.45) is 0 Å². The predicted octanol–water partition coefficient (Wildman–Crippen LogP) is 1.83. The molecule has 0 saturated heterocycles. The Morgan fingerprint density at radius 2 is 2.00 bits per heavy atom. The molecule has 3 aromatic rings. The molecule has 1 aromatic carbocycles. The number of amides is 1. The van der Waals surface area contributed by atoms with Crippen molar-refractivity contribution in [3.63, 3.8) is 0 Å². The Hall–Kier alpha value is -2.93. The molecule has 1 aliphatic rings. The highest BCUT2D eigenvalue weighted by Gasteiger charge is 2.27. The number of carbonyl (C=O) groups is 1. The van der Waals surface area contributed by atoms with E-state index >= 15 is 0 Å². The van der Waals surface area contributed by atoms with Crippen LogP contribution >= 0.6 is 0 Å². The maximum atomic E-state index is 12.8. The molecule has 7 nitrogen and oxygen atoms in total. The monoisotopic (exact) mass is 364 g/mol. The van der Waals surface area contributed by atoms with Gasteiger partial charge in [-0.25, -0.2) is 4.68 Å². The summed E-state index contributed by atoms with van der Waals surface area (Å²) < 4.78 is 3.78. The molecule has 0 fully saturated rings. The van der Waals surface area contributed by atoms with Gasteiger partial charge in [-0.2, -0.15) is 10.2 Å². The number of hydrogen-bond acceptors (Lipinski definition) is 4. The summed E-state index contributed by atoms with van der Waals surface area (Å²) in [5, 5.41) is 8.91. The quantitative estimate of drug-likeness (QED) is 0.693. The Morgan fingerprint density at radius 1 is 1.22 bits per heavy atom. The summed E-state index contributed by atoms with van der Waals surface area (Å²) in [4.78, 5) is 16.6. The number of nitrogens with zero attached hydrogens (tertiary/aromatic N) is 6. The number of aromatic nitrogens is 4. The molecule has 1 amide bonds. The molecule has 1 aliphatic heterocycles. The lowest BCUT2D eigenvalue weighted by atomic mass is 10.2. The maximum absolute atomic E-state index is 12.8. The van der Waals surface area contributed by atoms with Gasteiger partial charge in [-0.3, -0.25) is 9.48 Å². The first-order chi connectivity index (χ1) is 13.0. The summed E-state index contributed by atoms with van der Waals surface area (Å²) in [6.07, 6.45) is 4.68. The molecule has 3 heterocycles. The van der Waals surface area contributed by atoms with Crippen molar-refractivity contribution in [3.05, 3.63) is 65.7 Å². The largest absolute Gasteiger partial charge is 0.336 e. The smallest absolute Gasteiger partial charge is 0.274 e. The molecule has 4 rings (SSSR count). The highest BCUT2D eigenvalue weighted by Crippen LogP contribution is 2.20. The van der Waals surface area contributed by atoms with Crippen molar-refractivity contribution < 1.29 is 4.79 Å². The van der Waals surface area contributed by atoms with Crippen LogP contribution in [0.3, 0.4) is 0 Å². The van der Waals surface area contributed by atoms with E-state index in [0.717, 1.165) is 29.9 Å². The van der Waals surface area contributed by atoms with Gasteiger partial charge in [-0.1, -0.05) is 18.2 Å². The highest BCUT2D eigenvalue weighted by molar-refractivity contribution is 5.92. The molecule has 0 spiro atoms. The molecule has 27 heavy (non-hydrogen) atoms. The van der Waals surface area contributed by atoms with Crippen LogP contribution in [0.4, 0.5) is 0 Å². The number of rotatable bonds is 5. The minimum Gasteiger partial charge on any atom is -0.336 e. The minimum absolute atomic E-state index is 0.0641. The van der Waals surface area contributed by atoms with Crippen molar-refractivity contribution in [2.75, 3.05) is 21.1 Å². The first kappa shape index (κ1) is 17.5. The summed E-state index contributed by atoms with van der Waals surface area (Å²) in [6, 6.07) is 12.3. The van der Waals surface area contributed by atoms with Gasteiger partial charge in [0.25, 0.3) is 5.91 Å². The third-order valence-electron chi connectivity index (χ3n) is 5.06. The van der Waals surface area contributed by atoms with Crippen molar-refractivity contribution in [1.82, 2.24) is 29.4 Å². The van der Waals surface area contributed by atoms with Crippen LogP contribution in [0.2, 0.25) is 0 Å². The van der Waals surface area contributed by atoms with Gasteiger partial charge < -0.3 is 9.80 Å². The van der Waals surface area contributed by atoms with Gasteiger partial charge in [0.15, 0.2) is 5.69 Å². The molecule has 0 unspecified atom stereocenters. The molecule has 0 aliphatic carbocycles. The topological polar surface area (TPSA) is 59.2 Å². The van der Waals surface area contributed by atoms with E-state index in [2.05, 4.69) is 29.2 Å². The molecule has 2 aromatic heterocycles. The second-order valence-corrected chi connectivity index (χ2v) is 7.31. The van der Waals surface area contributed by atoms with E-state index in [1.807, 2.05) is 52.0 Å². The number of carbonyl (C=O) groups excluding carboxylic acids is 1. The van der Waals surface area contributed by atoms with Crippen molar-refractivity contribution in [3.8, 4) is 5.69 Å². The Bertz CT molecular complexity index is 919. The normalized spacial score (nSPS) is 15.9. The third-order valence-corrected chi connectivity index (χ3v) is 5.06. The van der Waals surface area contributed by atoms with Crippen LogP contribution in [-0.2, 0) is 19.5 Å². The molecular weight excluding hydrogens is 340 g/mol. The van der Waals surface area contributed by atoms with Crippen molar-refractivity contribution >= 4 is 5.91 Å². The molecule has 1 atom stereocenters. The van der Waals surface area contributed by atoms with E-state index in [1.165, 1.54) is 0 Å². The Kier molecular flexibility index (Phi) is 4.53. The second kappa shape index (κ2) is 7.00. The van der Waals surface area contributed by atoms with Crippen LogP contribution in [0.15, 0.2) is 48.8 Å². The fourth-order valence-electron chi connectivity index (χ4n) is 3.44. The van der Waals surface area contributed by atoms with E-state index in [4.69, 9.17) is 0 Å². The zero-order chi connectivity index (χ0) is 19.0. The van der Waals surface area contributed by atoms with Gasteiger partial charge in [-0.15, -0.1) is 0 Å². The lowest BCUT2D eigenvalue weighted by molar-refractivity contribution is 0.0778. The number of para-hydroxylation sites is 1. The van der Waals surface area contributed by atoms with E-state index in [-0.39, 0.29) is 5.91 Å². The zero-order valence-electron chi connectivity index (χ0n) is 15.9. The van der Waals surface area contributed by atoms with Crippen LogP contribution < -0.4 is 0 Å². The molecule has 0 saturated carbocycles. The summed E-state index contributed by atoms with van der Waals surface area (Å²) in [5.41, 5.74) is 3.62. The Labute approximate surface area is 158 Å². The summed E-state index contributed by atoms with van der Waals surface area (Å²) in [5.74, 6) is -0.0641. The van der Waals surface area contributed by atoms with Crippen LogP contribution in [0, 0.1) is 0 Å². The second-order valence-electron chi connectivity index (χ2n) is 7.31. The fraction of sp³-hybridized carbons (Fsp3) is 0.350. The van der Waals surface area contributed by atoms with Crippen LogP contribution in [0.5, 0.6) is 0 Å². The van der Waals surface area contributed by atoms with Crippen molar-refractivity contribution in [2.45, 2.75) is 25.6 Å². The fourth-order valence-corrected chi connectivity index (χ4v) is 3.44. The number of fused-ring (bicyclic) bond motifs is 1. The van der Waals surface area contributed by atoms with E-state index in [1.54, 1.807) is 18.1 Å². The molecule has 7 heteroatoms. The van der Waals surface area contributed by atoms with E-state index < -0.39 is 0 Å². The maximum Gasteiger partial charge on any atom is 0.274 e. The van der Waals surface area contributed by atoms with Crippen molar-refractivity contribution in [1.29, 1.82) is 0 Å². The lowest BCUT2D eigenvalue weighted by Crippen LogP contribution is -2.30. The van der Waals surface area contributed by atoms with Gasteiger partial charge >= 0.3 is 0 Å². The third kappa shape index (κ3) is 3.50. The molecule has 0 radical (unpaired) electrons. The number of hydrogen-bond donors (Lipinski definition) is 0. The van der Waals surface area contributed by atoms with Gasteiger partial charge in [-0.05, 0) is 32.3 Å². The minimum atomic E-state index is -0.0641. The van der Waals surface area contributed by atoms with Crippen LogP contribution in [0.25, 0.3) is 5.69 Å². The highest BCUT2D eigenvalue weighted by atomic mass is 16.2. The van der Waals surface area contributed by atoms with Crippen LogP contribution in [0.1, 0.15) is 21.7 Å². The Balaban J connectivity index is 1.42. The van der Waals surface area contributed by atoms with E-state index in [0.29, 0.717) is 18.3 Å². The standard InChI is InChI=1S/C20H24N6O/c1-23(2)18-9-17-10-19(22-26(17)14-18)20(27)24(3)12-15-11-21-25(13-15)16-7-5-4-6-8-16/h4-8,10-11,13,18H,9,12,14H2,1-3H3/t18-/m0/s1. The average Bonchev–Trinajstić information content (AvgIpc) is 3.36. The summed E-state index contributed by atoms with van der Waals surface area (Å²) >= 11 is 0. The summed E-state index contributed by atoms with van der Waals surface area (Å²) in [6.45, 7) is 1.33. The lowest BCUT2D eigenvalue weighted by Gasteiger charge is -2.18. The number of benzene rings is 1. The van der Waals surface area contributed by atoms with Gasteiger partial charge in [0.05, 0.1) is 18.4 Å². The van der Waals surface area contributed by atoms with Gasteiger partial charge in [0.2, 0.25) is 0 Å².